The van der Waals surface area contributed by atoms with Crippen molar-refractivity contribution in [3.8, 4) is 0 Å². The van der Waals surface area contributed by atoms with Crippen molar-refractivity contribution in [2.45, 2.75) is 0 Å². The topological polar surface area (TPSA) is 26.0 Å². The fraction of sp³-hybridized carbons (Fsp3) is 0. The van der Waals surface area contributed by atoms with Gasteiger partial charge in [0.2, 0.25) is 0 Å². The average Bonchev–Trinajstić information content (AvgIpc) is 1.97. The Balaban J connectivity index is 3.46. The van der Waals surface area contributed by atoms with E-state index in [-0.39, 0.29) is 25.8 Å². The highest BCUT2D eigenvalue weighted by atomic mass is 35.5. The van der Waals surface area contributed by atoms with Crippen LogP contribution >= 0.6 is 46.4 Å². The van der Waals surface area contributed by atoms with Crippen LogP contribution in [0.1, 0.15) is 0 Å². The quantitative estimate of drug-likeness (QED) is 0.533. The van der Waals surface area contributed by atoms with Crippen LogP contribution in [0.3, 0.4) is 0 Å². The molecule has 1 aromatic carbocycles. The minimum absolute atomic E-state index is 0.179. The number of benzene rings is 1. The molecule has 1 aromatic rings. The second kappa shape index (κ2) is 3.28. The van der Waals surface area contributed by atoms with Crippen LogP contribution in [0, 0.1) is 6.07 Å². The van der Waals surface area contributed by atoms with E-state index in [0.717, 1.165) is 0 Å². The molecule has 0 heterocycles. The predicted octanol–water partition coefficient (Wildman–Crippen LogP) is 3.68. The molecular formula is C6H2Cl4N. The van der Waals surface area contributed by atoms with Gasteiger partial charge in [-0.15, -0.1) is 0 Å². The van der Waals surface area contributed by atoms with Crippen molar-refractivity contribution in [2.24, 2.45) is 0 Å². The summed E-state index contributed by atoms with van der Waals surface area (Å²) in [6.45, 7) is 0. The Morgan fingerprint density at radius 1 is 0.909 bits per heavy atom. The summed E-state index contributed by atoms with van der Waals surface area (Å²) in [6.07, 6.45) is 0. The zero-order chi connectivity index (χ0) is 8.59. The summed E-state index contributed by atoms with van der Waals surface area (Å²) >= 11 is 22.4. The highest BCUT2D eigenvalue weighted by Crippen LogP contribution is 2.38. The Labute approximate surface area is 84.0 Å². The lowest BCUT2D eigenvalue weighted by Gasteiger charge is -2.03. The molecule has 0 aliphatic carbocycles. The van der Waals surface area contributed by atoms with E-state index in [1.54, 1.807) is 0 Å². The molecule has 1 nitrogen and oxygen atoms in total. The molecule has 0 saturated carbocycles. The summed E-state index contributed by atoms with van der Waals surface area (Å²) in [5.41, 5.74) is 5.61. The molecule has 11 heavy (non-hydrogen) atoms. The van der Waals surface area contributed by atoms with Crippen molar-refractivity contribution in [1.82, 2.24) is 0 Å². The van der Waals surface area contributed by atoms with Gasteiger partial charge in [-0.05, 0) is 0 Å². The molecule has 59 valence electrons. The first-order valence-electron chi connectivity index (χ1n) is 2.54. The highest BCUT2D eigenvalue weighted by Gasteiger charge is 2.10. The van der Waals surface area contributed by atoms with Crippen molar-refractivity contribution in [1.29, 1.82) is 0 Å². The van der Waals surface area contributed by atoms with Crippen molar-refractivity contribution < 1.29 is 0 Å². The SMILES string of the molecule is Nc1c(Cl)c(Cl)[c]c(Cl)c1Cl. The molecule has 1 rings (SSSR count). The van der Waals surface area contributed by atoms with Crippen LogP contribution in [0.4, 0.5) is 5.69 Å². The Bertz CT molecular complexity index is 271. The van der Waals surface area contributed by atoms with Crippen LogP contribution in [0.25, 0.3) is 0 Å². The van der Waals surface area contributed by atoms with Gasteiger partial charge in [0.25, 0.3) is 0 Å². The van der Waals surface area contributed by atoms with E-state index in [1.165, 1.54) is 0 Å². The second-order valence-corrected chi connectivity index (χ2v) is 3.31. The summed E-state index contributed by atoms with van der Waals surface area (Å²) in [4.78, 5) is 0. The predicted molar refractivity (Wildman–Crippen MR) is 49.7 cm³/mol. The molecule has 0 fully saturated rings. The molecule has 0 spiro atoms. The van der Waals surface area contributed by atoms with Gasteiger partial charge in [-0.3, -0.25) is 0 Å². The standard InChI is InChI=1S/C6H2Cl4N/c7-2-1-3(8)5(10)6(11)4(2)9/h11H2. The van der Waals surface area contributed by atoms with E-state index in [1.807, 2.05) is 0 Å². The maximum absolute atomic E-state index is 5.62. The number of rotatable bonds is 0. The first kappa shape index (κ1) is 9.27. The lowest BCUT2D eigenvalue weighted by molar-refractivity contribution is 1.66. The van der Waals surface area contributed by atoms with Gasteiger partial charge in [0.15, 0.2) is 0 Å². The van der Waals surface area contributed by atoms with Gasteiger partial charge < -0.3 is 5.73 Å². The molecule has 0 aliphatic rings. The summed E-state index contributed by atoms with van der Waals surface area (Å²) in [7, 11) is 0. The highest BCUT2D eigenvalue weighted by molar-refractivity contribution is 6.49. The summed E-state index contributed by atoms with van der Waals surface area (Å²) in [6, 6.07) is 2.53. The number of nitrogen functional groups attached to an aromatic ring is 1. The Morgan fingerprint density at radius 2 is 1.27 bits per heavy atom. The van der Waals surface area contributed by atoms with Gasteiger partial charge in [0.05, 0.1) is 25.8 Å². The molecule has 0 bridgehead atoms. The van der Waals surface area contributed by atoms with Crippen LogP contribution in [0.2, 0.25) is 20.1 Å². The third kappa shape index (κ3) is 1.67. The van der Waals surface area contributed by atoms with Crippen LogP contribution in [-0.4, -0.2) is 0 Å². The zero-order valence-electron chi connectivity index (χ0n) is 5.09. The largest absolute Gasteiger partial charge is 0.396 e. The molecular weight excluding hydrogens is 228 g/mol. The summed E-state index contributed by atoms with van der Waals surface area (Å²) in [5, 5.41) is 0.722. The number of hydrogen-bond donors (Lipinski definition) is 1. The smallest absolute Gasteiger partial charge is 0.0844 e. The normalized spacial score (nSPS) is 10.2. The molecule has 0 saturated heterocycles. The van der Waals surface area contributed by atoms with Crippen LogP contribution in [0.15, 0.2) is 0 Å². The maximum atomic E-state index is 5.62. The average molecular weight is 230 g/mol. The lowest BCUT2D eigenvalue weighted by Crippen LogP contribution is -1.89. The fourth-order valence-electron chi connectivity index (χ4n) is 0.539. The maximum Gasteiger partial charge on any atom is 0.0844 e. The Kier molecular flexibility index (Phi) is 2.76. The summed E-state index contributed by atoms with van der Waals surface area (Å²) in [5.74, 6) is 0. The van der Waals surface area contributed by atoms with Gasteiger partial charge in [0, 0.05) is 6.07 Å². The van der Waals surface area contributed by atoms with Crippen LogP contribution in [0.5, 0.6) is 0 Å². The Morgan fingerprint density at radius 3 is 1.64 bits per heavy atom. The molecule has 0 aromatic heterocycles. The monoisotopic (exact) mass is 228 g/mol. The molecule has 0 atom stereocenters. The van der Waals surface area contributed by atoms with E-state index in [2.05, 4.69) is 6.07 Å². The van der Waals surface area contributed by atoms with Crippen LogP contribution in [-0.2, 0) is 0 Å². The number of nitrogens with two attached hydrogens (primary N) is 1. The first-order valence-corrected chi connectivity index (χ1v) is 4.06. The van der Waals surface area contributed by atoms with E-state index in [4.69, 9.17) is 52.1 Å². The van der Waals surface area contributed by atoms with Gasteiger partial charge in [0.1, 0.15) is 0 Å². The van der Waals surface area contributed by atoms with Gasteiger partial charge >= 0.3 is 0 Å². The van der Waals surface area contributed by atoms with Gasteiger partial charge in [-0.2, -0.15) is 0 Å². The second-order valence-electron chi connectivity index (χ2n) is 1.79. The van der Waals surface area contributed by atoms with Gasteiger partial charge in [-0.25, -0.2) is 0 Å². The van der Waals surface area contributed by atoms with E-state index < -0.39 is 0 Å². The van der Waals surface area contributed by atoms with E-state index in [9.17, 15) is 0 Å². The van der Waals surface area contributed by atoms with Crippen molar-refractivity contribution >= 4 is 52.1 Å². The fourth-order valence-corrected chi connectivity index (χ4v) is 1.31. The minimum atomic E-state index is 0.179. The third-order valence-corrected chi connectivity index (χ3v) is 2.62. The minimum Gasteiger partial charge on any atom is -0.396 e. The number of anilines is 1. The summed E-state index contributed by atoms with van der Waals surface area (Å²) < 4.78 is 0. The molecule has 1 radical (unpaired) electrons. The Hall–Kier alpha value is 0.180. The zero-order valence-corrected chi connectivity index (χ0v) is 8.11. The molecule has 0 amide bonds. The third-order valence-electron chi connectivity index (χ3n) is 1.08. The number of halogens is 4. The molecule has 2 N–H and O–H groups in total. The van der Waals surface area contributed by atoms with E-state index >= 15 is 0 Å². The van der Waals surface area contributed by atoms with Crippen LogP contribution < -0.4 is 5.73 Å². The van der Waals surface area contributed by atoms with E-state index in [0.29, 0.717) is 0 Å². The van der Waals surface area contributed by atoms with Crippen molar-refractivity contribution in [2.75, 3.05) is 5.73 Å². The molecule has 0 aliphatic heterocycles. The molecule has 0 unspecified atom stereocenters. The lowest BCUT2D eigenvalue weighted by atomic mass is 10.3. The van der Waals surface area contributed by atoms with Crippen molar-refractivity contribution in [3.63, 3.8) is 0 Å². The van der Waals surface area contributed by atoms with Gasteiger partial charge in [-0.1, -0.05) is 46.4 Å². The number of hydrogen-bond acceptors (Lipinski definition) is 1. The van der Waals surface area contributed by atoms with Crippen molar-refractivity contribution in [3.05, 3.63) is 26.2 Å². The first-order chi connectivity index (χ1) is 5.04. The molecule has 5 heteroatoms.